The molecular weight excluding hydrogens is 244 g/mol. The average molecular weight is 247 g/mol. The van der Waals surface area contributed by atoms with Crippen molar-refractivity contribution in [2.24, 2.45) is 0 Å². The van der Waals surface area contributed by atoms with Crippen LogP contribution in [0.4, 0.5) is 0 Å². The average Bonchev–Trinajstić information content (AvgIpc) is 2.33. The van der Waals surface area contributed by atoms with Gasteiger partial charge in [0.1, 0.15) is 0 Å². The Kier molecular flexibility index (Phi) is 1.62. The number of H-pyrrole nitrogens is 2. The van der Waals surface area contributed by atoms with Gasteiger partial charge in [-0.3, -0.25) is 10.1 Å². The van der Waals surface area contributed by atoms with Crippen LogP contribution in [-0.4, -0.2) is 19.6 Å². The third-order valence-electron chi connectivity index (χ3n) is 1.37. The van der Waals surface area contributed by atoms with E-state index in [1.807, 2.05) is 0 Å². The summed E-state index contributed by atoms with van der Waals surface area (Å²) >= 11 is 7.96. The summed E-state index contributed by atoms with van der Waals surface area (Å²) in [6.45, 7) is 0. The van der Waals surface area contributed by atoms with Crippen LogP contribution in [0.2, 0.25) is 0 Å². The van der Waals surface area contributed by atoms with Gasteiger partial charge in [0, 0.05) is 6.20 Å². The molecule has 12 heavy (non-hydrogen) atoms. The molecule has 0 unspecified atom stereocenters. The van der Waals surface area contributed by atoms with Crippen LogP contribution >= 0.6 is 28.1 Å². The standard InChI is InChI=1S/C5H3BrN4OS/c6-2-1-7-10-3(2)8-4(12)9-5(10)11/h1,7H,(H,9,11,12). The molecule has 7 heteroatoms. The van der Waals surface area contributed by atoms with Crippen LogP contribution in [0.1, 0.15) is 0 Å². The van der Waals surface area contributed by atoms with Crippen molar-refractivity contribution in [3.63, 3.8) is 0 Å². The van der Waals surface area contributed by atoms with Gasteiger partial charge in [-0.2, -0.15) is 9.50 Å². The predicted octanol–water partition coefficient (Wildman–Crippen LogP) is 0.843. The maximum atomic E-state index is 11.2. The highest BCUT2D eigenvalue weighted by atomic mass is 79.9. The topological polar surface area (TPSA) is 66.0 Å². The molecule has 0 saturated heterocycles. The molecular formula is C5H3BrN4OS. The molecule has 62 valence electrons. The minimum atomic E-state index is -0.323. The quantitative estimate of drug-likeness (QED) is 0.678. The van der Waals surface area contributed by atoms with Crippen molar-refractivity contribution < 1.29 is 0 Å². The predicted molar refractivity (Wildman–Crippen MR) is 48.7 cm³/mol. The number of nitrogens with one attached hydrogen (secondary N) is 2. The van der Waals surface area contributed by atoms with E-state index < -0.39 is 0 Å². The Morgan fingerprint density at radius 2 is 2.42 bits per heavy atom. The number of hydrogen-bond acceptors (Lipinski definition) is 3. The molecule has 2 rings (SSSR count). The van der Waals surface area contributed by atoms with E-state index in [0.29, 0.717) is 10.1 Å². The fourth-order valence-electron chi connectivity index (χ4n) is 0.883. The van der Waals surface area contributed by atoms with Gasteiger partial charge in [-0.25, -0.2) is 4.79 Å². The maximum absolute atomic E-state index is 11.2. The Morgan fingerprint density at radius 1 is 1.67 bits per heavy atom. The lowest BCUT2D eigenvalue weighted by Crippen LogP contribution is -2.18. The first-order valence-electron chi connectivity index (χ1n) is 3.04. The largest absolute Gasteiger partial charge is 0.348 e. The first-order valence-corrected chi connectivity index (χ1v) is 4.24. The summed E-state index contributed by atoms with van der Waals surface area (Å²) in [4.78, 5) is 17.5. The van der Waals surface area contributed by atoms with Gasteiger partial charge in [0.05, 0.1) is 4.47 Å². The van der Waals surface area contributed by atoms with E-state index >= 15 is 0 Å². The molecule has 0 atom stereocenters. The van der Waals surface area contributed by atoms with Gasteiger partial charge in [-0.05, 0) is 28.1 Å². The van der Waals surface area contributed by atoms with Crippen molar-refractivity contribution in [1.29, 1.82) is 0 Å². The van der Waals surface area contributed by atoms with E-state index in [4.69, 9.17) is 12.2 Å². The molecule has 2 aromatic rings. The Hall–Kier alpha value is -0.950. The molecule has 5 nitrogen and oxygen atoms in total. The molecule has 0 aliphatic heterocycles. The van der Waals surface area contributed by atoms with Gasteiger partial charge in [-0.15, -0.1) is 0 Å². The second-order valence-corrected chi connectivity index (χ2v) is 3.37. The smallest absolute Gasteiger partial charge is 0.294 e. The first kappa shape index (κ1) is 7.69. The van der Waals surface area contributed by atoms with E-state index in [0.717, 1.165) is 0 Å². The molecule has 0 radical (unpaired) electrons. The number of rotatable bonds is 0. The number of nitrogens with zero attached hydrogens (tertiary/aromatic N) is 2. The van der Waals surface area contributed by atoms with Gasteiger partial charge in [0.2, 0.25) is 4.77 Å². The number of fused-ring (bicyclic) bond motifs is 1. The van der Waals surface area contributed by atoms with E-state index in [1.165, 1.54) is 4.52 Å². The minimum absolute atomic E-state index is 0.181. The fourth-order valence-corrected chi connectivity index (χ4v) is 1.43. The van der Waals surface area contributed by atoms with E-state index in [1.54, 1.807) is 6.20 Å². The second kappa shape index (κ2) is 2.53. The molecule has 2 aromatic heterocycles. The Balaban J connectivity index is 3.13. The molecule has 2 heterocycles. The van der Waals surface area contributed by atoms with Crippen molar-refractivity contribution in [1.82, 2.24) is 19.6 Å². The highest BCUT2D eigenvalue weighted by molar-refractivity contribution is 9.10. The molecule has 0 aliphatic carbocycles. The van der Waals surface area contributed by atoms with E-state index in [-0.39, 0.29) is 10.5 Å². The minimum Gasteiger partial charge on any atom is -0.294 e. The molecule has 0 bridgehead atoms. The van der Waals surface area contributed by atoms with Crippen LogP contribution in [0.5, 0.6) is 0 Å². The number of halogens is 1. The third-order valence-corrected chi connectivity index (χ3v) is 2.15. The van der Waals surface area contributed by atoms with Gasteiger partial charge in [0.15, 0.2) is 5.65 Å². The summed E-state index contributed by atoms with van der Waals surface area (Å²) in [5.41, 5.74) is 0.166. The highest BCUT2D eigenvalue weighted by Gasteiger charge is 2.02. The van der Waals surface area contributed by atoms with Gasteiger partial charge < -0.3 is 0 Å². The molecule has 0 aromatic carbocycles. The zero-order valence-electron chi connectivity index (χ0n) is 5.67. The third kappa shape index (κ3) is 1.01. The second-order valence-electron chi connectivity index (χ2n) is 2.13. The summed E-state index contributed by atoms with van der Waals surface area (Å²) in [6, 6.07) is 0. The van der Waals surface area contributed by atoms with Crippen LogP contribution in [0.15, 0.2) is 15.5 Å². The normalized spacial score (nSPS) is 10.8. The SMILES string of the molecule is O=c1[nH]c(=S)nc2c(Br)c[nH]n12. The zero-order chi connectivity index (χ0) is 8.72. The molecule has 2 N–H and O–H groups in total. The number of aromatic nitrogens is 4. The Labute approximate surface area is 79.6 Å². The highest BCUT2D eigenvalue weighted by Crippen LogP contribution is 2.11. The number of hydrogen-bond donors (Lipinski definition) is 2. The summed E-state index contributed by atoms with van der Waals surface area (Å²) in [7, 11) is 0. The molecule has 0 amide bonds. The molecule has 0 aliphatic rings. The lowest BCUT2D eigenvalue weighted by atomic mass is 10.7. The lowest BCUT2D eigenvalue weighted by Gasteiger charge is -1.89. The van der Waals surface area contributed by atoms with Crippen molar-refractivity contribution in [2.75, 3.05) is 0 Å². The van der Waals surface area contributed by atoms with Crippen LogP contribution in [0.25, 0.3) is 5.65 Å². The van der Waals surface area contributed by atoms with Crippen LogP contribution < -0.4 is 5.69 Å². The monoisotopic (exact) mass is 246 g/mol. The van der Waals surface area contributed by atoms with Crippen molar-refractivity contribution >= 4 is 33.8 Å². The van der Waals surface area contributed by atoms with Crippen LogP contribution in [-0.2, 0) is 0 Å². The Morgan fingerprint density at radius 3 is 3.17 bits per heavy atom. The van der Waals surface area contributed by atoms with Crippen molar-refractivity contribution in [2.45, 2.75) is 0 Å². The van der Waals surface area contributed by atoms with E-state index in [2.05, 4.69) is 31.0 Å². The summed E-state index contributed by atoms with van der Waals surface area (Å²) < 4.78 is 2.15. The number of aromatic amines is 2. The van der Waals surface area contributed by atoms with Gasteiger partial charge in [-0.1, -0.05) is 0 Å². The molecule has 0 fully saturated rings. The lowest BCUT2D eigenvalue weighted by molar-refractivity contribution is 0.833. The Bertz CT molecular complexity index is 538. The fraction of sp³-hybridized carbons (Fsp3) is 0. The van der Waals surface area contributed by atoms with E-state index in [9.17, 15) is 4.79 Å². The van der Waals surface area contributed by atoms with Crippen molar-refractivity contribution in [3.05, 3.63) is 25.9 Å². The summed E-state index contributed by atoms with van der Waals surface area (Å²) in [5, 5.41) is 2.70. The van der Waals surface area contributed by atoms with Gasteiger partial charge in [0.25, 0.3) is 0 Å². The van der Waals surface area contributed by atoms with Crippen molar-refractivity contribution in [3.8, 4) is 0 Å². The summed E-state index contributed by atoms with van der Waals surface area (Å²) in [6.07, 6.45) is 1.62. The first-order chi connectivity index (χ1) is 5.68. The summed E-state index contributed by atoms with van der Waals surface area (Å²) in [5.74, 6) is 0. The maximum Gasteiger partial charge on any atom is 0.348 e. The van der Waals surface area contributed by atoms with Crippen LogP contribution in [0, 0.1) is 4.77 Å². The molecule has 0 saturated carbocycles. The van der Waals surface area contributed by atoms with Crippen LogP contribution in [0.3, 0.4) is 0 Å². The molecule has 0 spiro atoms. The van der Waals surface area contributed by atoms with Gasteiger partial charge >= 0.3 is 5.69 Å². The zero-order valence-corrected chi connectivity index (χ0v) is 8.07.